The zero-order valence-corrected chi connectivity index (χ0v) is 15.5. The van der Waals surface area contributed by atoms with E-state index < -0.39 is 0 Å². The van der Waals surface area contributed by atoms with E-state index in [0.717, 1.165) is 10.2 Å². The molecular weight excluding hydrogens is 358 g/mol. The summed E-state index contributed by atoms with van der Waals surface area (Å²) in [6.07, 6.45) is 0. The van der Waals surface area contributed by atoms with Gasteiger partial charge in [-0.3, -0.25) is 4.79 Å². The first-order valence-corrected chi connectivity index (χ1v) is 8.18. The van der Waals surface area contributed by atoms with E-state index in [9.17, 15) is 4.79 Å². The van der Waals surface area contributed by atoms with Crippen LogP contribution in [0.25, 0.3) is 5.69 Å². The van der Waals surface area contributed by atoms with Crippen LogP contribution in [-0.4, -0.2) is 45.9 Å². The molecule has 0 aliphatic heterocycles. The maximum atomic E-state index is 12.6. The van der Waals surface area contributed by atoms with Crippen LogP contribution in [0, 0.1) is 12.3 Å². The topological polar surface area (TPSA) is 77.0 Å². The van der Waals surface area contributed by atoms with E-state index in [1.54, 1.807) is 16.6 Å². The molecule has 0 bridgehead atoms. The lowest BCUT2D eigenvalue weighted by atomic mass is 9.93. The Morgan fingerprint density at radius 1 is 1.43 bits per heavy atom. The molecule has 0 spiro atoms. The Hall–Kier alpha value is -1.73. The first-order chi connectivity index (χ1) is 10.7. The van der Waals surface area contributed by atoms with E-state index in [1.807, 2.05) is 45.0 Å². The Morgan fingerprint density at radius 2 is 2.13 bits per heavy atom. The van der Waals surface area contributed by atoms with E-state index in [0.29, 0.717) is 24.5 Å². The Labute approximate surface area is 144 Å². The Bertz CT molecular complexity index is 710. The van der Waals surface area contributed by atoms with Crippen molar-refractivity contribution in [1.29, 1.82) is 0 Å². The third-order valence-electron chi connectivity index (χ3n) is 3.71. The molecule has 1 heterocycles. The Balaban J connectivity index is 2.27. The van der Waals surface area contributed by atoms with Crippen molar-refractivity contribution in [2.24, 2.45) is 11.1 Å². The summed E-state index contributed by atoms with van der Waals surface area (Å²) in [6.45, 7) is 6.97. The number of hydrogen-bond donors (Lipinski definition) is 1. The minimum absolute atomic E-state index is 0.140. The molecule has 2 aromatic rings. The highest BCUT2D eigenvalue weighted by molar-refractivity contribution is 9.10. The predicted molar refractivity (Wildman–Crippen MR) is 93.6 cm³/mol. The number of carbonyl (C=O) groups is 1. The highest BCUT2D eigenvalue weighted by atomic mass is 79.9. The van der Waals surface area contributed by atoms with Gasteiger partial charge in [-0.1, -0.05) is 41.1 Å². The van der Waals surface area contributed by atoms with Crippen molar-refractivity contribution >= 4 is 21.8 Å². The van der Waals surface area contributed by atoms with Crippen molar-refractivity contribution in [2.45, 2.75) is 20.8 Å². The van der Waals surface area contributed by atoms with Crippen LogP contribution in [0.3, 0.4) is 0 Å². The number of halogens is 1. The third-order valence-corrected chi connectivity index (χ3v) is 4.21. The van der Waals surface area contributed by atoms with Gasteiger partial charge >= 0.3 is 0 Å². The summed E-state index contributed by atoms with van der Waals surface area (Å²) >= 11 is 3.44. The smallest absolute Gasteiger partial charge is 0.276 e. The number of amides is 1. The van der Waals surface area contributed by atoms with Gasteiger partial charge in [-0.05, 0) is 37.1 Å². The third kappa shape index (κ3) is 3.97. The van der Waals surface area contributed by atoms with Crippen LogP contribution in [-0.2, 0) is 0 Å². The Kier molecular flexibility index (Phi) is 5.21. The van der Waals surface area contributed by atoms with Gasteiger partial charge in [0.1, 0.15) is 0 Å². The van der Waals surface area contributed by atoms with Gasteiger partial charge < -0.3 is 10.6 Å². The van der Waals surface area contributed by atoms with Crippen molar-refractivity contribution in [3.63, 3.8) is 0 Å². The molecule has 1 amide bonds. The Morgan fingerprint density at radius 3 is 2.74 bits per heavy atom. The molecule has 0 saturated carbocycles. The molecule has 0 atom stereocenters. The van der Waals surface area contributed by atoms with Crippen molar-refractivity contribution in [3.05, 3.63) is 40.1 Å². The fourth-order valence-corrected chi connectivity index (χ4v) is 2.73. The van der Waals surface area contributed by atoms with Crippen LogP contribution < -0.4 is 5.73 Å². The van der Waals surface area contributed by atoms with Gasteiger partial charge in [0, 0.05) is 18.1 Å². The molecule has 0 unspecified atom stereocenters. The minimum Gasteiger partial charge on any atom is -0.340 e. The van der Waals surface area contributed by atoms with Crippen LogP contribution in [0.5, 0.6) is 0 Å². The fourth-order valence-electron chi connectivity index (χ4n) is 2.34. The number of aromatic nitrogens is 3. The largest absolute Gasteiger partial charge is 0.340 e. The lowest BCUT2D eigenvalue weighted by molar-refractivity contribution is 0.0734. The van der Waals surface area contributed by atoms with E-state index in [2.05, 4.69) is 26.2 Å². The van der Waals surface area contributed by atoms with Gasteiger partial charge in [0.25, 0.3) is 5.91 Å². The van der Waals surface area contributed by atoms with Gasteiger partial charge in [0.15, 0.2) is 5.69 Å². The molecule has 1 aromatic carbocycles. The van der Waals surface area contributed by atoms with Gasteiger partial charge in [-0.2, -0.15) is 0 Å². The molecule has 0 aliphatic rings. The monoisotopic (exact) mass is 379 g/mol. The zero-order chi connectivity index (χ0) is 17.2. The van der Waals surface area contributed by atoms with E-state index in [4.69, 9.17) is 5.73 Å². The summed E-state index contributed by atoms with van der Waals surface area (Å²) in [5.74, 6) is -0.148. The molecule has 23 heavy (non-hydrogen) atoms. The minimum atomic E-state index is -0.148. The van der Waals surface area contributed by atoms with Gasteiger partial charge in [0.05, 0.1) is 11.4 Å². The molecular formula is C16H22BrN5O. The van der Waals surface area contributed by atoms with Crippen LogP contribution in [0.1, 0.15) is 30.0 Å². The van der Waals surface area contributed by atoms with Gasteiger partial charge in [-0.15, -0.1) is 5.10 Å². The second-order valence-corrected chi connectivity index (χ2v) is 7.36. The zero-order valence-electron chi connectivity index (χ0n) is 13.9. The first-order valence-electron chi connectivity index (χ1n) is 7.39. The lowest BCUT2D eigenvalue weighted by Gasteiger charge is -2.28. The van der Waals surface area contributed by atoms with Gasteiger partial charge in [0.2, 0.25) is 0 Å². The quantitative estimate of drug-likeness (QED) is 0.864. The van der Waals surface area contributed by atoms with Crippen molar-refractivity contribution in [2.75, 3.05) is 20.1 Å². The molecule has 0 radical (unpaired) electrons. The summed E-state index contributed by atoms with van der Waals surface area (Å²) < 4.78 is 2.61. The standard InChI is InChI=1S/C16H22BrN5O/c1-11-14(15(23)21(4)10-16(2,3)9-18)19-20-22(11)13-7-5-6-12(17)8-13/h5-8H,9-10,18H2,1-4H3. The summed E-state index contributed by atoms with van der Waals surface area (Å²) in [5, 5.41) is 8.19. The van der Waals surface area contributed by atoms with Crippen molar-refractivity contribution < 1.29 is 4.79 Å². The molecule has 0 fully saturated rings. The van der Waals surface area contributed by atoms with E-state index >= 15 is 0 Å². The maximum Gasteiger partial charge on any atom is 0.276 e. The number of carbonyl (C=O) groups excluding carboxylic acids is 1. The van der Waals surface area contributed by atoms with Crippen LogP contribution in [0.15, 0.2) is 28.7 Å². The normalized spacial score (nSPS) is 11.6. The molecule has 0 aliphatic carbocycles. The molecule has 2 N–H and O–H groups in total. The molecule has 2 rings (SSSR count). The highest BCUT2D eigenvalue weighted by Crippen LogP contribution is 2.19. The maximum absolute atomic E-state index is 12.6. The van der Waals surface area contributed by atoms with Crippen LogP contribution >= 0.6 is 15.9 Å². The lowest BCUT2D eigenvalue weighted by Crippen LogP contribution is -2.40. The molecule has 0 saturated heterocycles. The SMILES string of the molecule is Cc1c(C(=O)N(C)CC(C)(C)CN)nnn1-c1cccc(Br)c1. The number of nitrogens with two attached hydrogens (primary N) is 1. The highest BCUT2D eigenvalue weighted by Gasteiger charge is 2.25. The molecule has 124 valence electrons. The number of rotatable bonds is 5. The summed E-state index contributed by atoms with van der Waals surface area (Å²) in [5.41, 5.74) is 7.53. The summed E-state index contributed by atoms with van der Waals surface area (Å²) in [7, 11) is 1.76. The van der Waals surface area contributed by atoms with Crippen LogP contribution in [0.2, 0.25) is 0 Å². The van der Waals surface area contributed by atoms with E-state index in [-0.39, 0.29) is 11.3 Å². The predicted octanol–water partition coefficient (Wildman–Crippen LogP) is 2.40. The number of nitrogens with zero attached hydrogens (tertiary/aromatic N) is 4. The number of hydrogen-bond acceptors (Lipinski definition) is 4. The van der Waals surface area contributed by atoms with Crippen molar-refractivity contribution in [3.8, 4) is 5.69 Å². The average molecular weight is 380 g/mol. The fraction of sp³-hybridized carbons (Fsp3) is 0.438. The second kappa shape index (κ2) is 6.80. The molecule has 7 heteroatoms. The van der Waals surface area contributed by atoms with Gasteiger partial charge in [-0.25, -0.2) is 4.68 Å². The summed E-state index contributed by atoms with van der Waals surface area (Å²) in [4.78, 5) is 14.3. The first kappa shape index (κ1) is 17.6. The van der Waals surface area contributed by atoms with Crippen LogP contribution in [0.4, 0.5) is 0 Å². The number of benzene rings is 1. The van der Waals surface area contributed by atoms with E-state index in [1.165, 1.54) is 0 Å². The second-order valence-electron chi connectivity index (χ2n) is 6.44. The summed E-state index contributed by atoms with van der Waals surface area (Å²) in [6, 6.07) is 7.70. The molecule has 6 nitrogen and oxygen atoms in total. The molecule has 1 aromatic heterocycles. The average Bonchev–Trinajstić information content (AvgIpc) is 2.87. The van der Waals surface area contributed by atoms with Crippen molar-refractivity contribution in [1.82, 2.24) is 19.9 Å².